The van der Waals surface area contributed by atoms with Crippen molar-refractivity contribution in [3.63, 3.8) is 0 Å². The van der Waals surface area contributed by atoms with Gasteiger partial charge in [0.05, 0.1) is 0 Å². The molecule has 0 spiro atoms. The van der Waals surface area contributed by atoms with Crippen molar-refractivity contribution in [1.82, 2.24) is 5.32 Å². The lowest BCUT2D eigenvalue weighted by Gasteiger charge is -2.28. The fourth-order valence-electron chi connectivity index (χ4n) is 3.61. The van der Waals surface area contributed by atoms with Gasteiger partial charge in [0.15, 0.2) is 0 Å². The molecular weight excluding hydrogens is 212 g/mol. The average Bonchev–Trinajstić information content (AvgIpc) is 2.83. The molecule has 3 N–H and O–H groups in total. The summed E-state index contributed by atoms with van der Waals surface area (Å²) in [5.74, 6) is 0.989. The Morgan fingerprint density at radius 1 is 1.29 bits per heavy atom. The van der Waals surface area contributed by atoms with E-state index in [4.69, 9.17) is 5.73 Å². The third-order valence-electron chi connectivity index (χ3n) is 4.86. The molecular formula is C14H26N2O. The van der Waals surface area contributed by atoms with Crippen LogP contribution in [0.1, 0.15) is 52.4 Å². The lowest BCUT2D eigenvalue weighted by atomic mass is 9.81. The standard InChI is InChI=1S/C14H26N2O/c1-14(2)8-4-6-11(14)13(17)16-12-7-3-5-10(12)9-15/h10-12H,3-9,15H2,1-2H3,(H,16,17). The number of hydrogen-bond donors (Lipinski definition) is 2. The van der Waals surface area contributed by atoms with Crippen LogP contribution in [0.15, 0.2) is 0 Å². The molecule has 3 atom stereocenters. The minimum absolute atomic E-state index is 0.181. The molecule has 0 bridgehead atoms. The molecule has 3 nitrogen and oxygen atoms in total. The highest BCUT2D eigenvalue weighted by molar-refractivity contribution is 5.80. The molecule has 0 saturated heterocycles. The second-order valence-electron chi connectivity index (χ2n) is 6.48. The van der Waals surface area contributed by atoms with E-state index in [1.807, 2.05) is 0 Å². The Bertz CT molecular complexity index is 288. The van der Waals surface area contributed by atoms with Gasteiger partial charge in [0.1, 0.15) is 0 Å². The van der Waals surface area contributed by atoms with E-state index in [-0.39, 0.29) is 17.2 Å². The molecule has 0 heterocycles. The van der Waals surface area contributed by atoms with Gasteiger partial charge in [-0.05, 0) is 43.6 Å². The number of nitrogens with two attached hydrogens (primary N) is 1. The second kappa shape index (κ2) is 4.97. The van der Waals surface area contributed by atoms with Crippen molar-refractivity contribution in [3.05, 3.63) is 0 Å². The van der Waals surface area contributed by atoms with Crippen molar-refractivity contribution >= 4 is 5.91 Å². The van der Waals surface area contributed by atoms with E-state index in [1.54, 1.807) is 0 Å². The molecule has 3 unspecified atom stereocenters. The summed E-state index contributed by atoms with van der Waals surface area (Å²) < 4.78 is 0. The molecule has 2 aliphatic carbocycles. The largest absolute Gasteiger partial charge is 0.353 e. The third kappa shape index (κ3) is 2.65. The zero-order valence-electron chi connectivity index (χ0n) is 11.2. The first-order valence-corrected chi connectivity index (χ1v) is 7.05. The normalized spacial score (nSPS) is 36.1. The van der Waals surface area contributed by atoms with Gasteiger partial charge in [0, 0.05) is 12.0 Å². The molecule has 98 valence electrons. The van der Waals surface area contributed by atoms with Gasteiger partial charge in [-0.1, -0.05) is 26.7 Å². The Morgan fingerprint density at radius 3 is 2.65 bits per heavy atom. The van der Waals surface area contributed by atoms with Crippen molar-refractivity contribution in [2.24, 2.45) is 23.0 Å². The number of carbonyl (C=O) groups is 1. The molecule has 17 heavy (non-hydrogen) atoms. The molecule has 1 amide bonds. The molecule has 0 radical (unpaired) electrons. The van der Waals surface area contributed by atoms with Crippen molar-refractivity contribution < 1.29 is 4.79 Å². The molecule has 2 saturated carbocycles. The lowest BCUT2D eigenvalue weighted by molar-refractivity contribution is -0.128. The predicted molar refractivity (Wildman–Crippen MR) is 69.4 cm³/mol. The van der Waals surface area contributed by atoms with Crippen molar-refractivity contribution in [2.45, 2.75) is 58.4 Å². The van der Waals surface area contributed by atoms with E-state index in [0.717, 1.165) is 12.8 Å². The first-order valence-electron chi connectivity index (χ1n) is 7.05. The summed E-state index contributed by atoms with van der Waals surface area (Å²) in [6, 6.07) is 0.337. The smallest absolute Gasteiger partial charge is 0.223 e. The van der Waals surface area contributed by atoms with Crippen LogP contribution >= 0.6 is 0 Å². The van der Waals surface area contributed by atoms with Crippen LogP contribution in [-0.4, -0.2) is 18.5 Å². The summed E-state index contributed by atoms with van der Waals surface area (Å²) in [5.41, 5.74) is 5.94. The fraction of sp³-hybridized carbons (Fsp3) is 0.929. The van der Waals surface area contributed by atoms with Gasteiger partial charge in [0.25, 0.3) is 0 Å². The number of nitrogens with one attached hydrogen (secondary N) is 1. The Kier molecular flexibility index (Phi) is 3.76. The zero-order valence-corrected chi connectivity index (χ0v) is 11.2. The van der Waals surface area contributed by atoms with E-state index >= 15 is 0 Å². The predicted octanol–water partition coefficient (Wildman–Crippen LogP) is 2.06. The third-order valence-corrected chi connectivity index (χ3v) is 4.86. The summed E-state index contributed by atoms with van der Waals surface area (Å²) in [5, 5.41) is 3.26. The summed E-state index contributed by atoms with van der Waals surface area (Å²) >= 11 is 0. The van der Waals surface area contributed by atoms with Gasteiger partial charge in [0.2, 0.25) is 5.91 Å². The van der Waals surface area contributed by atoms with Crippen LogP contribution in [0.3, 0.4) is 0 Å². The molecule has 0 aromatic carbocycles. The van der Waals surface area contributed by atoms with Crippen molar-refractivity contribution in [2.75, 3.05) is 6.54 Å². The Hall–Kier alpha value is -0.570. The first kappa shape index (κ1) is 12.9. The topological polar surface area (TPSA) is 55.1 Å². The molecule has 3 heteroatoms. The van der Waals surface area contributed by atoms with Crippen LogP contribution in [0, 0.1) is 17.3 Å². The fourth-order valence-corrected chi connectivity index (χ4v) is 3.61. The Morgan fingerprint density at radius 2 is 2.06 bits per heavy atom. The van der Waals surface area contributed by atoms with E-state index in [2.05, 4.69) is 19.2 Å². The van der Waals surface area contributed by atoms with E-state index in [0.29, 0.717) is 18.5 Å². The number of carbonyl (C=O) groups excluding carboxylic acids is 1. The lowest BCUT2D eigenvalue weighted by Crippen LogP contribution is -2.44. The quantitative estimate of drug-likeness (QED) is 0.790. The molecule has 2 rings (SSSR count). The van der Waals surface area contributed by atoms with Gasteiger partial charge in [-0.3, -0.25) is 4.79 Å². The summed E-state index contributed by atoms with van der Waals surface area (Å²) in [7, 11) is 0. The summed E-state index contributed by atoms with van der Waals surface area (Å²) in [6.07, 6.45) is 6.92. The van der Waals surface area contributed by atoms with E-state index in [1.165, 1.54) is 25.7 Å². The highest BCUT2D eigenvalue weighted by Gasteiger charge is 2.40. The number of hydrogen-bond acceptors (Lipinski definition) is 2. The monoisotopic (exact) mass is 238 g/mol. The zero-order chi connectivity index (χ0) is 12.5. The SMILES string of the molecule is CC1(C)CCCC1C(=O)NC1CCCC1CN. The maximum absolute atomic E-state index is 12.3. The minimum atomic E-state index is 0.181. The highest BCUT2D eigenvalue weighted by Crippen LogP contribution is 2.42. The average molecular weight is 238 g/mol. The summed E-state index contributed by atoms with van der Waals surface area (Å²) in [6.45, 7) is 5.15. The maximum Gasteiger partial charge on any atom is 0.223 e. The van der Waals surface area contributed by atoms with Crippen LogP contribution < -0.4 is 11.1 Å². The van der Waals surface area contributed by atoms with Gasteiger partial charge < -0.3 is 11.1 Å². The molecule has 0 aromatic rings. The number of amides is 1. The Balaban J connectivity index is 1.93. The summed E-state index contributed by atoms with van der Waals surface area (Å²) in [4.78, 5) is 12.3. The van der Waals surface area contributed by atoms with Crippen molar-refractivity contribution in [1.29, 1.82) is 0 Å². The molecule has 0 aliphatic heterocycles. The van der Waals surface area contributed by atoms with Gasteiger partial charge in [-0.25, -0.2) is 0 Å². The first-order chi connectivity index (χ1) is 8.04. The second-order valence-corrected chi connectivity index (χ2v) is 6.48. The van der Waals surface area contributed by atoms with E-state index in [9.17, 15) is 4.79 Å². The Labute approximate surface area is 105 Å². The maximum atomic E-state index is 12.3. The minimum Gasteiger partial charge on any atom is -0.353 e. The van der Waals surface area contributed by atoms with Crippen molar-refractivity contribution in [3.8, 4) is 0 Å². The number of rotatable bonds is 3. The molecule has 2 fully saturated rings. The van der Waals surface area contributed by atoms with Crippen LogP contribution in [0.5, 0.6) is 0 Å². The van der Waals surface area contributed by atoms with E-state index < -0.39 is 0 Å². The van der Waals surface area contributed by atoms with Gasteiger partial charge in [-0.15, -0.1) is 0 Å². The molecule has 2 aliphatic rings. The molecule has 0 aromatic heterocycles. The van der Waals surface area contributed by atoms with Gasteiger partial charge >= 0.3 is 0 Å². The van der Waals surface area contributed by atoms with Crippen LogP contribution in [0.25, 0.3) is 0 Å². The van der Waals surface area contributed by atoms with Crippen LogP contribution in [0.4, 0.5) is 0 Å². The highest BCUT2D eigenvalue weighted by atomic mass is 16.2. The van der Waals surface area contributed by atoms with Gasteiger partial charge in [-0.2, -0.15) is 0 Å². The van der Waals surface area contributed by atoms with Crippen LogP contribution in [-0.2, 0) is 4.79 Å². The van der Waals surface area contributed by atoms with Crippen LogP contribution in [0.2, 0.25) is 0 Å².